The number of nitrogens with zero attached hydrogens (tertiary/aromatic N) is 2. The van der Waals surface area contributed by atoms with Crippen LogP contribution in [0.4, 0.5) is 0 Å². The Labute approximate surface area is 160 Å². The summed E-state index contributed by atoms with van der Waals surface area (Å²) < 4.78 is 26.7. The van der Waals surface area contributed by atoms with Gasteiger partial charge in [-0.2, -0.15) is 4.31 Å². The molecular formula is C16H25ClN4O4S. The van der Waals surface area contributed by atoms with Crippen molar-refractivity contribution in [2.45, 2.75) is 11.8 Å². The van der Waals surface area contributed by atoms with E-state index in [2.05, 4.69) is 10.6 Å². The number of hydrogen-bond donors (Lipinski definition) is 2. The number of nitrogens with one attached hydrogen (secondary N) is 2. The number of amides is 2. The summed E-state index contributed by atoms with van der Waals surface area (Å²) in [5.74, 6) is -0.292. The Morgan fingerprint density at radius 3 is 2.12 bits per heavy atom. The highest BCUT2D eigenvalue weighted by Crippen LogP contribution is 2.18. The number of carbonyl (C=O) groups is 2. The summed E-state index contributed by atoms with van der Waals surface area (Å²) in [6.45, 7) is 3.95. The van der Waals surface area contributed by atoms with Gasteiger partial charge in [-0.25, -0.2) is 8.42 Å². The van der Waals surface area contributed by atoms with Crippen LogP contribution in [-0.4, -0.2) is 75.8 Å². The van der Waals surface area contributed by atoms with E-state index in [4.69, 9.17) is 0 Å². The van der Waals surface area contributed by atoms with Crippen molar-refractivity contribution in [2.24, 2.45) is 0 Å². The fourth-order valence-electron chi connectivity index (χ4n) is 2.57. The van der Waals surface area contributed by atoms with Crippen molar-refractivity contribution in [2.75, 3.05) is 46.3 Å². The molecule has 0 bridgehead atoms. The number of hydrogen-bond acceptors (Lipinski definition) is 5. The van der Waals surface area contributed by atoms with Crippen molar-refractivity contribution >= 4 is 34.2 Å². The average molecular weight is 405 g/mol. The molecule has 2 rings (SSSR count). The number of piperazine rings is 1. The van der Waals surface area contributed by atoms with Crippen LogP contribution in [0.1, 0.15) is 17.3 Å². The lowest BCUT2D eigenvalue weighted by atomic mass is 10.2. The first-order valence-electron chi connectivity index (χ1n) is 8.15. The zero-order valence-corrected chi connectivity index (χ0v) is 16.5. The van der Waals surface area contributed by atoms with Crippen molar-refractivity contribution in [3.8, 4) is 0 Å². The van der Waals surface area contributed by atoms with Crippen LogP contribution in [0.2, 0.25) is 0 Å². The lowest BCUT2D eigenvalue weighted by Crippen LogP contribution is -2.49. The molecule has 1 aliphatic heterocycles. The van der Waals surface area contributed by atoms with Crippen LogP contribution >= 0.6 is 12.4 Å². The second-order valence-electron chi connectivity index (χ2n) is 5.79. The summed E-state index contributed by atoms with van der Waals surface area (Å²) in [5.41, 5.74) is 0.413. The van der Waals surface area contributed by atoms with Crippen molar-refractivity contribution in [3.63, 3.8) is 0 Å². The molecule has 26 heavy (non-hydrogen) atoms. The van der Waals surface area contributed by atoms with E-state index in [1.54, 1.807) is 11.9 Å². The van der Waals surface area contributed by atoms with Crippen LogP contribution in [-0.2, 0) is 14.8 Å². The van der Waals surface area contributed by atoms with E-state index in [1.165, 1.54) is 35.5 Å². The zero-order valence-electron chi connectivity index (χ0n) is 14.9. The Bertz CT molecular complexity index is 716. The van der Waals surface area contributed by atoms with E-state index in [0.29, 0.717) is 31.7 Å². The van der Waals surface area contributed by atoms with Gasteiger partial charge in [0.25, 0.3) is 5.91 Å². The fraction of sp³-hybridized carbons (Fsp3) is 0.500. The number of rotatable bonds is 6. The molecule has 1 aromatic carbocycles. The molecular weight excluding hydrogens is 380 g/mol. The predicted molar refractivity (Wildman–Crippen MR) is 101 cm³/mol. The third-order valence-electron chi connectivity index (χ3n) is 4.10. The number of benzene rings is 1. The monoisotopic (exact) mass is 404 g/mol. The van der Waals surface area contributed by atoms with Crippen molar-refractivity contribution < 1.29 is 18.0 Å². The maximum Gasteiger partial charge on any atom is 0.251 e. The summed E-state index contributed by atoms with van der Waals surface area (Å²) in [7, 11) is -1.83. The maximum absolute atomic E-state index is 12.7. The molecule has 8 nitrogen and oxygen atoms in total. The van der Waals surface area contributed by atoms with Gasteiger partial charge < -0.3 is 15.5 Å². The molecule has 1 aliphatic rings. The lowest BCUT2D eigenvalue weighted by Gasteiger charge is -2.33. The van der Waals surface area contributed by atoms with Crippen molar-refractivity contribution in [1.82, 2.24) is 19.8 Å². The molecule has 0 radical (unpaired) electrons. The molecule has 10 heteroatoms. The smallest absolute Gasteiger partial charge is 0.251 e. The topological polar surface area (TPSA) is 98.8 Å². The highest BCUT2D eigenvalue weighted by Gasteiger charge is 2.29. The van der Waals surface area contributed by atoms with E-state index >= 15 is 0 Å². The van der Waals surface area contributed by atoms with E-state index in [9.17, 15) is 18.0 Å². The van der Waals surface area contributed by atoms with Gasteiger partial charge >= 0.3 is 0 Å². The normalized spacial score (nSPS) is 15.2. The Morgan fingerprint density at radius 1 is 1.04 bits per heavy atom. The Morgan fingerprint density at radius 2 is 1.62 bits per heavy atom. The summed E-state index contributed by atoms with van der Waals surface area (Å²) in [5, 5.41) is 5.66. The third-order valence-corrected chi connectivity index (χ3v) is 6.01. The lowest BCUT2D eigenvalue weighted by molar-refractivity contribution is -0.129. The van der Waals surface area contributed by atoms with Gasteiger partial charge in [-0.1, -0.05) is 0 Å². The minimum absolute atomic E-state index is 0. The standard InChI is InChI=1S/C16H24N4O4S.ClH/c1-13(21)19-9-11-20(12-10-19)25(23,24)15-5-3-14(4-6-15)16(22)18-8-7-17-2;/h3-6,17H,7-12H2,1-2H3,(H,18,22);1H. The van der Waals surface area contributed by atoms with Crippen LogP contribution in [0, 0.1) is 0 Å². The van der Waals surface area contributed by atoms with Gasteiger partial charge in [0.1, 0.15) is 0 Å². The minimum Gasteiger partial charge on any atom is -0.351 e. The molecule has 2 amide bonds. The molecule has 2 N–H and O–H groups in total. The molecule has 1 saturated heterocycles. The van der Waals surface area contributed by atoms with E-state index in [-0.39, 0.29) is 42.2 Å². The van der Waals surface area contributed by atoms with Gasteiger partial charge in [-0.05, 0) is 31.3 Å². The van der Waals surface area contributed by atoms with Gasteiger partial charge in [0, 0.05) is 51.8 Å². The van der Waals surface area contributed by atoms with Gasteiger partial charge in [0.2, 0.25) is 15.9 Å². The molecule has 0 unspecified atom stereocenters. The first kappa shape index (κ1) is 22.4. The molecule has 0 saturated carbocycles. The second-order valence-corrected chi connectivity index (χ2v) is 7.73. The maximum atomic E-state index is 12.7. The largest absolute Gasteiger partial charge is 0.351 e. The minimum atomic E-state index is -3.62. The predicted octanol–water partition coefficient (Wildman–Crippen LogP) is -0.0896. The first-order chi connectivity index (χ1) is 11.9. The average Bonchev–Trinajstić information content (AvgIpc) is 2.62. The van der Waals surface area contributed by atoms with Gasteiger partial charge in [-0.3, -0.25) is 9.59 Å². The molecule has 0 aromatic heterocycles. The molecule has 0 spiro atoms. The van der Waals surface area contributed by atoms with Gasteiger partial charge in [0.05, 0.1) is 4.90 Å². The Hall–Kier alpha value is -1.68. The van der Waals surface area contributed by atoms with Crippen molar-refractivity contribution in [1.29, 1.82) is 0 Å². The molecule has 1 fully saturated rings. The van der Waals surface area contributed by atoms with E-state index in [1.807, 2.05) is 0 Å². The summed E-state index contributed by atoms with van der Waals surface area (Å²) in [6.07, 6.45) is 0. The van der Waals surface area contributed by atoms with Crippen LogP contribution in [0.3, 0.4) is 0 Å². The Balaban J connectivity index is 0.00000338. The van der Waals surface area contributed by atoms with Gasteiger partial charge in [-0.15, -0.1) is 12.4 Å². The SMILES string of the molecule is CNCCNC(=O)c1ccc(S(=O)(=O)N2CCN(C(C)=O)CC2)cc1.Cl. The second kappa shape index (κ2) is 9.86. The molecule has 0 atom stereocenters. The number of halogens is 1. The number of carbonyl (C=O) groups excluding carboxylic acids is 2. The number of likely N-dealkylation sites (N-methyl/N-ethyl adjacent to an activating group) is 1. The molecule has 1 aromatic rings. The van der Waals surface area contributed by atoms with E-state index < -0.39 is 10.0 Å². The highest BCUT2D eigenvalue weighted by atomic mass is 35.5. The van der Waals surface area contributed by atoms with Crippen LogP contribution in [0.25, 0.3) is 0 Å². The quantitative estimate of drug-likeness (QED) is 0.646. The first-order valence-corrected chi connectivity index (χ1v) is 9.59. The molecule has 146 valence electrons. The zero-order chi connectivity index (χ0) is 18.4. The number of sulfonamides is 1. The van der Waals surface area contributed by atoms with Crippen LogP contribution in [0.15, 0.2) is 29.2 Å². The summed E-state index contributed by atoms with van der Waals surface area (Å²) in [6, 6.07) is 5.90. The van der Waals surface area contributed by atoms with E-state index in [0.717, 1.165) is 0 Å². The van der Waals surface area contributed by atoms with Crippen LogP contribution in [0.5, 0.6) is 0 Å². The third kappa shape index (κ3) is 5.41. The van der Waals surface area contributed by atoms with Gasteiger partial charge in [0.15, 0.2) is 0 Å². The Kier molecular flexibility index (Phi) is 8.48. The van der Waals surface area contributed by atoms with Crippen LogP contribution < -0.4 is 10.6 Å². The molecule has 0 aliphatic carbocycles. The highest BCUT2D eigenvalue weighted by molar-refractivity contribution is 7.89. The fourth-order valence-corrected chi connectivity index (χ4v) is 4.00. The summed E-state index contributed by atoms with van der Waals surface area (Å²) in [4.78, 5) is 25.1. The summed E-state index contributed by atoms with van der Waals surface area (Å²) >= 11 is 0. The van der Waals surface area contributed by atoms with Crippen molar-refractivity contribution in [3.05, 3.63) is 29.8 Å². The molecule has 1 heterocycles.